The SMILES string of the molecule is Oc1c(Br)cc(/C=N/Nc2ccc3ccccc3n2)cc1Br. The number of pyridine rings is 1. The quantitative estimate of drug-likeness (QED) is 0.467. The number of nitrogens with one attached hydrogen (secondary N) is 1. The molecule has 2 aromatic carbocycles. The van der Waals surface area contributed by atoms with Crippen molar-refractivity contribution in [3.63, 3.8) is 0 Å². The lowest BCUT2D eigenvalue weighted by Crippen LogP contribution is -1.94. The molecule has 22 heavy (non-hydrogen) atoms. The Morgan fingerprint density at radius 2 is 1.77 bits per heavy atom. The Kier molecular flexibility index (Phi) is 4.40. The standard InChI is InChI=1S/C16H11Br2N3O/c17-12-7-10(8-13(18)16(12)22)9-19-21-15-6-5-11-3-1-2-4-14(11)20-15/h1-9,22H,(H,20,21)/b19-9+. The Labute approximate surface area is 144 Å². The maximum atomic E-state index is 9.67. The van der Waals surface area contributed by atoms with Gasteiger partial charge >= 0.3 is 0 Å². The van der Waals surface area contributed by atoms with E-state index in [-0.39, 0.29) is 5.75 Å². The summed E-state index contributed by atoms with van der Waals surface area (Å²) in [6, 6.07) is 15.3. The number of phenols is 1. The third-order valence-corrected chi connectivity index (χ3v) is 4.24. The maximum Gasteiger partial charge on any atom is 0.146 e. The largest absolute Gasteiger partial charge is 0.506 e. The summed E-state index contributed by atoms with van der Waals surface area (Å²) in [7, 11) is 0. The molecule has 0 aliphatic carbocycles. The molecule has 0 aliphatic rings. The normalized spacial score (nSPS) is 11.2. The van der Waals surface area contributed by atoms with Gasteiger partial charge in [0, 0.05) is 5.39 Å². The summed E-state index contributed by atoms with van der Waals surface area (Å²) in [4.78, 5) is 4.47. The maximum absolute atomic E-state index is 9.67. The number of rotatable bonds is 3. The van der Waals surface area contributed by atoms with E-state index < -0.39 is 0 Å². The second kappa shape index (κ2) is 6.46. The van der Waals surface area contributed by atoms with Crippen LogP contribution in [0.4, 0.5) is 5.82 Å². The van der Waals surface area contributed by atoms with Gasteiger partial charge in [-0.15, -0.1) is 0 Å². The average Bonchev–Trinajstić information content (AvgIpc) is 2.52. The van der Waals surface area contributed by atoms with Crippen LogP contribution in [0.15, 0.2) is 62.6 Å². The molecule has 0 aliphatic heterocycles. The van der Waals surface area contributed by atoms with Gasteiger partial charge in [0.1, 0.15) is 11.6 Å². The van der Waals surface area contributed by atoms with Gasteiger partial charge in [-0.1, -0.05) is 18.2 Å². The van der Waals surface area contributed by atoms with Crippen LogP contribution in [-0.2, 0) is 0 Å². The first kappa shape index (κ1) is 15.0. The lowest BCUT2D eigenvalue weighted by atomic mass is 10.2. The molecule has 2 N–H and O–H groups in total. The number of para-hydroxylation sites is 1. The molecule has 0 unspecified atom stereocenters. The average molecular weight is 421 g/mol. The Balaban J connectivity index is 1.78. The number of hydrazone groups is 1. The van der Waals surface area contributed by atoms with Gasteiger partial charge in [0.05, 0.1) is 20.7 Å². The van der Waals surface area contributed by atoms with Gasteiger partial charge in [-0.2, -0.15) is 5.10 Å². The minimum absolute atomic E-state index is 0.168. The molecule has 3 aromatic rings. The number of phenolic OH excluding ortho intramolecular Hbond substituents is 1. The summed E-state index contributed by atoms with van der Waals surface area (Å²) in [6.07, 6.45) is 1.66. The van der Waals surface area contributed by atoms with Crippen LogP contribution in [-0.4, -0.2) is 16.3 Å². The molecule has 0 spiro atoms. The number of fused-ring (bicyclic) bond motifs is 1. The van der Waals surface area contributed by atoms with Crippen LogP contribution >= 0.6 is 31.9 Å². The number of aromatic hydroxyl groups is 1. The number of aromatic nitrogens is 1. The van der Waals surface area contributed by atoms with Crippen molar-refractivity contribution in [3.8, 4) is 5.75 Å². The van der Waals surface area contributed by atoms with Crippen LogP contribution in [0.3, 0.4) is 0 Å². The van der Waals surface area contributed by atoms with Gasteiger partial charge < -0.3 is 5.11 Å². The summed E-state index contributed by atoms with van der Waals surface area (Å²) in [5.74, 6) is 0.841. The molecule has 1 heterocycles. The lowest BCUT2D eigenvalue weighted by Gasteiger charge is -2.03. The van der Waals surface area contributed by atoms with E-state index in [9.17, 15) is 5.11 Å². The van der Waals surface area contributed by atoms with Gasteiger partial charge in [-0.3, -0.25) is 5.43 Å². The highest BCUT2D eigenvalue weighted by molar-refractivity contribution is 9.11. The van der Waals surface area contributed by atoms with Crippen molar-refractivity contribution in [2.45, 2.75) is 0 Å². The molecule has 0 amide bonds. The van der Waals surface area contributed by atoms with E-state index in [4.69, 9.17) is 0 Å². The van der Waals surface area contributed by atoms with E-state index in [0.29, 0.717) is 14.8 Å². The third-order valence-electron chi connectivity index (χ3n) is 3.03. The zero-order valence-electron chi connectivity index (χ0n) is 11.3. The highest BCUT2D eigenvalue weighted by atomic mass is 79.9. The molecule has 0 saturated heterocycles. The molecule has 1 aromatic heterocycles. The molecule has 4 nitrogen and oxygen atoms in total. The van der Waals surface area contributed by atoms with Crippen molar-refractivity contribution < 1.29 is 5.11 Å². The van der Waals surface area contributed by atoms with Crippen molar-refractivity contribution in [3.05, 3.63) is 63.0 Å². The lowest BCUT2D eigenvalue weighted by molar-refractivity contribution is 0.468. The summed E-state index contributed by atoms with van der Waals surface area (Å²) < 4.78 is 1.21. The van der Waals surface area contributed by atoms with Gasteiger partial charge in [0.25, 0.3) is 0 Å². The first-order valence-corrected chi connectivity index (χ1v) is 8.05. The van der Waals surface area contributed by atoms with Crippen molar-refractivity contribution in [2.24, 2.45) is 5.10 Å². The van der Waals surface area contributed by atoms with Gasteiger partial charge in [-0.05, 0) is 67.8 Å². The summed E-state index contributed by atoms with van der Waals surface area (Å²) in [6.45, 7) is 0. The van der Waals surface area contributed by atoms with E-state index in [1.165, 1.54) is 0 Å². The molecule has 0 radical (unpaired) electrons. The molecule has 0 fully saturated rings. The number of hydrogen-bond donors (Lipinski definition) is 2. The van der Waals surface area contributed by atoms with E-state index in [1.54, 1.807) is 18.3 Å². The molecule has 0 atom stereocenters. The van der Waals surface area contributed by atoms with Gasteiger partial charge in [0.2, 0.25) is 0 Å². The van der Waals surface area contributed by atoms with E-state index in [2.05, 4.69) is 47.4 Å². The van der Waals surface area contributed by atoms with Crippen LogP contribution in [0.1, 0.15) is 5.56 Å². The molecular formula is C16H11Br2N3O. The summed E-state index contributed by atoms with van der Waals surface area (Å²) >= 11 is 6.57. The number of benzene rings is 2. The first-order valence-electron chi connectivity index (χ1n) is 6.46. The Bertz CT molecular complexity index is 842. The number of hydrogen-bond acceptors (Lipinski definition) is 4. The van der Waals surface area contributed by atoms with Gasteiger partial charge in [-0.25, -0.2) is 4.98 Å². The van der Waals surface area contributed by atoms with Crippen molar-refractivity contribution in [2.75, 3.05) is 5.43 Å². The predicted molar refractivity (Wildman–Crippen MR) is 96.5 cm³/mol. The fourth-order valence-electron chi connectivity index (χ4n) is 1.96. The molecule has 0 saturated carbocycles. The van der Waals surface area contributed by atoms with Crippen molar-refractivity contribution >= 4 is 54.8 Å². The molecular weight excluding hydrogens is 410 g/mol. The third kappa shape index (κ3) is 3.28. The molecule has 6 heteroatoms. The van der Waals surface area contributed by atoms with Gasteiger partial charge in [0.15, 0.2) is 0 Å². The molecule has 110 valence electrons. The van der Waals surface area contributed by atoms with Crippen molar-refractivity contribution in [1.82, 2.24) is 4.98 Å². The van der Waals surface area contributed by atoms with Crippen LogP contribution in [0, 0.1) is 0 Å². The first-order chi connectivity index (χ1) is 10.6. The van der Waals surface area contributed by atoms with E-state index >= 15 is 0 Å². The van der Waals surface area contributed by atoms with Crippen LogP contribution in [0.25, 0.3) is 10.9 Å². The summed E-state index contributed by atoms with van der Waals surface area (Å²) in [5.41, 5.74) is 4.66. The Hall–Kier alpha value is -1.92. The Morgan fingerprint density at radius 3 is 2.55 bits per heavy atom. The zero-order valence-corrected chi connectivity index (χ0v) is 14.5. The molecule has 0 bridgehead atoms. The fraction of sp³-hybridized carbons (Fsp3) is 0. The van der Waals surface area contributed by atoms with Crippen LogP contribution in [0.5, 0.6) is 5.75 Å². The van der Waals surface area contributed by atoms with Crippen molar-refractivity contribution in [1.29, 1.82) is 0 Å². The van der Waals surface area contributed by atoms with E-state index in [1.807, 2.05) is 36.4 Å². The zero-order chi connectivity index (χ0) is 15.5. The Morgan fingerprint density at radius 1 is 1.05 bits per heavy atom. The second-order valence-corrected chi connectivity index (χ2v) is 6.30. The number of halogens is 2. The minimum atomic E-state index is 0.168. The number of nitrogens with zero attached hydrogens (tertiary/aromatic N) is 2. The van der Waals surface area contributed by atoms with E-state index in [0.717, 1.165) is 16.5 Å². The second-order valence-electron chi connectivity index (χ2n) is 4.59. The minimum Gasteiger partial charge on any atom is -0.506 e. The monoisotopic (exact) mass is 419 g/mol. The predicted octanol–water partition coefficient (Wildman–Crippen LogP) is 4.91. The van der Waals surface area contributed by atoms with Crippen LogP contribution in [0.2, 0.25) is 0 Å². The number of anilines is 1. The summed E-state index contributed by atoms with van der Waals surface area (Å²) in [5, 5.41) is 14.9. The fourth-order valence-corrected chi connectivity index (χ4v) is 3.18. The topological polar surface area (TPSA) is 57.5 Å². The van der Waals surface area contributed by atoms with Crippen LogP contribution < -0.4 is 5.43 Å². The highest BCUT2D eigenvalue weighted by Crippen LogP contribution is 2.32. The highest BCUT2D eigenvalue weighted by Gasteiger charge is 2.04. The smallest absolute Gasteiger partial charge is 0.146 e. The molecule has 3 rings (SSSR count).